The summed E-state index contributed by atoms with van der Waals surface area (Å²) in [5.74, 6) is 0.0869. The van der Waals surface area contributed by atoms with Crippen LogP contribution in [-0.4, -0.2) is 51.7 Å². The van der Waals surface area contributed by atoms with Crippen LogP contribution in [0.15, 0.2) is 35.7 Å². The minimum atomic E-state index is -0.550. The van der Waals surface area contributed by atoms with Crippen molar-refractivity contribution in [1.29, 1.82) is 0 Å². The summed E-state index contributed by atoms with van der Waals surface area (Å²) in [5.41, 5.74) is 0.974. The number of methoxy groups -OCH3 is 2. The van der Waals surface area contributed by atoms with Crippen molar-refractivity contribution in [2.24, 2.45) is 0 Å². The van der Waals surface area contributed by atoms with E-state index >= 15 is 0 Å². The fourth-order valence-electron chi connectivity index (χ4n) is 2.42. The highest BCUT2D eigenvalue weighted by Crippen LogP contribution is 2.27. The van der Waals surface area contributed by atoms with E-state index in [9.17, 15) is 14.4 Å². The van der Waals surface area contributed by atoms with Gasteiger partial charge in [-0.25, -0.2) is 0 Å². The first-order chi connectivity index (χ1) is 14.0. The summed E-state index contributed by atoms with van der Waals surface area (Å²) in [6.45, 7) is 0.183. The lowest BCUT2D eigenvalue weighted by Crippen LogP contribution is -2.31. The van der Waals surface area contributed by atoms with E-state index in [0.29, 0.717) is 29.3 Å². The van der Waals surface area contributed by atoms with Crippen molar-refractivity contribution in [3.8, 4) is 11.5 Å². The van der Waals surface area contributed by atoms with Crippen molar-refractivity contribution in [3.05, 3.63) is 46.2 Å². The number of hydrogen-bond donors (Lipinski definition) is 2. The van der Waals surface area contributed by atoms with Gasteiger partial charge in [0.1, 0.15) is 0 Å². The third-order valence-corrected chi connectivity index (χ3v) is 4.78. The van der Waals surface area contributed by atoms with Crippen LogP contribution in [-0.2, 0) is 20.7 Å². The summed E-state index contributed by atoms with van der Waals surface area (Å²) >= 11 is 1.32. The standard InChI is InChI=1S/C20H24N2O6S/c1-26-15-6-5-14(12-16(15)27-2)7-9-21-18(23)13-28-19(24)8-10-22-20(25)17-4-3-11-29-17/h3-6,11-12H,7-10,13H2,1-2H3,(H,21,23)(H,22,25). The molecule has 2 aromatic rings. The maximum atomic E-state index is 11.8. The number of ether oxygens (including phenoxy) is 3. The Hall–Kier alpha value is -3.07. The summed E-state index contributed by atoms with van der Waals surface area (Å²) in [6, 6.07) is 9.00. The highest BCUT2D eigenvalue weighted by Gasteiger charge is 2.10. The van der Waals surface area contributed by atoms with Gasteiger partial charge in [-0.2, -0.15) is 0 Å². The van der Waals surface area contributed by atoms with Gasteiger partial charge in [-0.1, -0.05) is 12.1 Å². The van der Waals surface area contributed by atoms with Crippen LogP contribution in [0.25, 0.3) is 0 Å². The first kappa shape index (κ1) is 22.2. The number of amides is 2. The zero-order valence-corrected chi connectivity index (χ0v) is 17.2. The Morgan fingerprint density at radius 2 is 1.79 bits per heavy atom. The zero-order chi connectivity index (χ0) is 21.1. The normalized spacial score (nSPS) is 10.1. The van der Waals surface area contributed by atoms with E-state index in [1.807, 2.05) is 12.1 Å². The number of benzene rings is 1. The molecule has 0 bridgehead atoms. The number of carbonyl (C=O) groups excluding carboxylic acids is 3. The maximum absolute atomic E-state index is 11.8. The molecule has 2 N–H and O–H groups in total. The van der Waals surface area contributed by atoms with Crippen molar-refractivity contribution >= 4 is 29.1 Å². The fourth-order valence-corrected chi connectivity index (χ4v) is 3.06. The molecule has 0 aliphatic carbocycles. The van der Waals surface area contributed by atoms with E-state index in [0.717, 1.165) is 5.56 Å². The second-order valence-corrected chi connectivity index (χ2v) is 6.88. The number of esters is 1. The molecule has 0 fully saturated rings. The van der Waals surface area contributed by atoms with E-state index in [1.54, 1.807) is 37.8 Å². The molecule has 8 nitrogen and oxygen atoms in total. The molecule has 0 spiro atoms. The number of rotatable bonds is 11. The number of thiophene rings is 1. The smallest absolute Gasteiger partial charge is 0.308 e. The van der Waals surface area contributed by atoms with E-state index in [1.165, 1.54) is 11.3 Å². The first-order valence-corrected chi connectivity index (χ1v) is 9.86. The predicted molar refractivity (Wildman–Crippen MR) is 108 cm³/mol. The van der Waals surface area contributed by atoms with Crippen LogP contribution in [0.1, 0.15) is 21.7 Å². The van der Waals surface area contributed by atoms with Crippen LogP contribution in [0.4, 0.5) is 0 Å². The molecule has 2 rings (SSSR count). The molecule has 0 atom stereocenters. The first-order valence-electron chi connectivity index (χ1n) is 8.98. The van der Waals surface area contributed by atoms with Crippen molar-refractivity contribution in [3.63, 3.8) is 0 Å². The average Bonchev–Trinajstić information content (AvgIpc) is 3.27. The summed E-state index contributed by atoms with van der Waals surface area (Å²) in [6.07, 6.45) is 0.588. The molecule has 1 aromatic heterocycles. The number of carbonyl (C=O) groups is 3. The van der Waals surface area contributed by atoms with E-state index in [-0.39, 0.29) is 31.4 Å². The van der Waals surface area contributed by atoms with Gasteiger partial charge in [-0.05, 0) is 35.6 Å². The van der Waals surface area contributed by atoms with Gasteiger partial charge in [-0.3, -0.25) is 14.4 Å². The molecule has 0 aliphatic rings. The zero-order valence-electron chi connectivity index (χ0n) is 16.4. The number of nitrogens with one attached hydrogen (secondary N) is 2. The minimum Gasteiger partial charge on any atom is -0.493 e. The van der Waals surface area contributed by atoms with Crippen molar-refractivity contribution in [2.75, 3.05) is 33.9 Å². The Balaban J connectivity index is 1.60. The second kappa shape index (κ2) is 11.7. The van der Waals surface area contributed by atoms with Crippen molar-refractivity contribution in [2.45, 2.75) is 12.8 Å². The maximum Gasteiger partial charge on any atom is 0.308 e. The van der Waals surface area contributed by atoms with Crippen LogP contribution >= 0.6 is 11.3 Å². The Labute approximate surface area is 173 Å². The summed E-state index contributed by atoms with van der Waals surface area (Å²) < 4.78 is 15.3. The molecule has 0 unspecified atom stereocenters. The highest BCUT2D eigenvalue weighted by molar-refractivity contribution is 7.12. The minimum absolute atomic E-state index is 0.00393. The van der Waals surface area contributed by atoms with Gasteiger partial charge in [0.15, 0.2) is 18.1 Å². The molecular weight excluding hydrogens is 396 g/mol. The van der Waals surface area contributed by atoms with Crippen molar-refractivity contribution < 1.29 is 28.6 Å². The fraction of sp³-hybridized carbons (Fsp3) is 0.350. The molecule has 9 heteroatoms. The lowest BCUT2D eigenvalue weighted by atomic mass is 10.1. The summed E-state index contributed by atoms with van der Waals surface area (Å²) in [7, 11) is 3.13. The SMILES string of the molecule is COc1ccc(CCNC(=O)COC(=O)CCNC(=O)c2cccs2)cc1OC. The van der Waals surface area contributed by atoms with Crippen molar-refractivity contribution in [1.82, 2.24) is 10.6 Å². The molecule has 0 aliphatic heterocycles. The molecule has 1 aromatic carbocycles. The molecule has 29 heavy (non-hydrogen) atoms. The Morgan fingerprint density at radius 3 is 2.48 bits per heavy atom. The largest absolute Gasteiger partial charge is 0.493 e. The molecular formula is C20H24N2O6S. The topological polar surface area (TPSA) is 103 Å². The molecule has 0 radical (unpaired) electrons. The van der Waals surface area contributed by atoms with Crippen LogP contribution in [0, 0.1) is 0 Å². The monoisotopic (exact) mass is 420 g/mol. The Bertz CT molecular complexity index is 822. The molecule has 0 saturated carbocycles. The third kappa shape index (κ3) is 7.46. The van der Waals surface area contributed by atoms with Gasteiger partial charge >= 0.3 is 5.97 Å². The van der Waals surface area contributed by atoms with E-state index < -0.39 is 5.97 Å². The van der Waals surface area contributed by atoms with Crippen LogP contribution < -0.4 is 20.1 Å². The van der Waals surface area contributed by atoms with E-state index in [4.69, 9.17) is 14.2 Å². The van der Waals surface area contributed by atoms with Gasteiger partial charge in [0, 0.05) is 13.1 Å². The van der Waals surface area contributed by atoms with Gasteiger partial charge in [0.05, 0.1) is 25.5 Å². The highest BCUT2D eigenvalue weighted by atomic mass is 32.1. The van der Waals surface area contributed by atoms with Gasteiger partial charge in [-0.15, -0.1) is 11.3 Å². The predicted octanol–water partition coefficient (Wildman–Crippen LogP) is 1.79. The lowest BCUT2D eigenvalue weighted by Gasteiger charge is -2.10. The Morgan fingerprint density at radius 1 is 1.00 bits per heavy atom. The third-order valence-electron chi connectivity index (χ3n) is 3.91. The molecule has 1 heterocycles. The lowest BCUT2D eigenvalue weighted by molar-refractivity contribution is -0.148. The molecule has 2 amide bonds. The summed E-state index contributed by atoms with van der Waals surface area (Å²) in [4.78, 5) is 35.8. The van der Waals surface area contributed by atoms with Crippen LogP contribution in [0.2, 0.25) is 0 Å². The van der Waals surface area contributed by atoms with Gasteiger partial charge < -0.3 is 24.8 Å². The van der Waals surface area contributed by atoms with Gasteiger partial charge in [0.25, 0.3) is 11.8 Å². The molecule has 156 valence electrons. The number of hydrogen-bond acceptors (Lipinski definition) is 7. The molecule has 0 saturated heterocycles. The van der Waals surface area contributed by atoms with E-state index in [2.05, 4.69) is 10.6 Å². The Kier molecular flexibility index (Phi) is 8.97. The van der Waals surface area contributed by atoms with Crippen LogP contribution in [0.5, 0.6) is 11.5 Å². The second-order valence-electron chi connectivity index (χ2n) is 5.93. The average molecular weight is 420 g/mol. The van der Waals surface area contributed by atoms with Crippen LogP contribution in [0.3, 0.4) is 0 Å². The quantitative estimate of drug-likeness (QED) is 0.537. The van der Waals surface area contributed by atoms with Gasteiger partial charge in [0.2, 0.25) is 0 Å². The summed E-state index contributed by atoms with van der Waals surface area (Å²) in [5, 5.41) is 7.11.